The maximum absolute atomic E-state index is 12.5. The van der Waals surface area contributed by atoms with E-state index < -0.39 is 10.1 Å². The second kappa shape index (κ2) is 10.7. The minimum absolute atomic E-state index is 0. The summed E-state index contributed by atoms with van der Waals surface area (Å²) in [6.45, 7) is 1.61. The molecule has 6 rings (SSSR count). The Bertz CT molecular complexity index is 2020. The Kier molecular flexibility index (Phi) is 7.44. The zero-order chi connectivity index (χ0) is 27.3. The first-order valence-corrected chi connectivity index (χ1v) is 15.0. The molecule has 8 nitrogen and oxygen atoms in total. The van der Waals surface area contributed by atoms with Gasteiger partial charge >= 0.3 is 0 Å². The topological polar surface area (TPSA) is 149 Å². The number of thiazole rings is 2. The van der Waals surface area contributed by atoms with E-state index in [2.05, 4.69) is 10.3 Å². The number of benzene rings is 4. The van der Waals surface area contributed by atoms with E-state index in [1.54, 1.807) is 43.3 Å². The van der Waals surface area contributed by atoms with Crippen LogP contribution in [0.2, 0.25) is 5.02 Å². The molecule has 202 valence electrons. The number of fused-ring (bicyclic) bond motifs is 2. The highest BCUT2D eigenvalue weighted by Crippen LogP contribution is 2.38. The van der Waals surface area contributed by atoms with Gasteiger partial charge in [-0.2, -0.15) is 0 Å². The minimum atomic E-state index is -4.63. The predicted molar refractivity (Wildman–Crippen MR) is 162 cm³/mol. The minimum Gasteiger partial charge on any atom is -0.744 e. The molecule has 6 aromatic rings. The van der Waals surface area contributed by atoms with Gasteiger partial charge in [0, 0.05) is 27.4 Å². The maximum Gasteiger partial charge on any atom is 0.255 e. The van der Waals surface area contributed by atoms with Crippen LogP contribution in [0.15, 0.2) is 83.8 Å². The van der Waals surface area contributed by atoms with E-state index in [1.807, 2.05) is 42.5 Å². The third kappa shape index (κ3) is 5.35. The Labute approximate surface area is 242 Å². The summed E-state index contributed by atoms with van der Waals surface area (Å²) in [5, 5.41) is 4.80. The molecule has 1 amide bonds. The fourth-order valence-electron chi connectivity index (χ4n) is 4.21. The van der Waals surface area contributed by atoms with Crippen LogP contribution in [0.1, 0.15) is 15.9 Å². The summed E-state index contributed by atoms with van der Waals surface area (Å²) < 4.78 is 36.9. The van der Waals surface area contributed by atoms with Crippen LogP contribution in [0.25, 0.3) is 41.6 Å². The Morgan fingerprint density at radius 1 is 0.875 bits per heavy atom. The molecule has 4 aromatic carbocycles. The first-order chi connectivity index (χ1) is 18.7. The lowest BCUT2D eigenvalue weighted by atomic mass is 10.2. The molecular weight excluding hydrogens is 588 g/mol. The van der Waals surface area contributed by atoms with E-state index in [-0.39, 0.29) is 17.0 Å². The van der Waals surface area contributed by atoms with Crippen molar-refractivity contribution in [1.29, 1.82) is 0 Å². The molecule has 0 fully saturated rings. The van der Waals surface area contributed by atoms with Crippen molar-refractivity contribution in [2.24, 2.45) is 0 Å². The zero-order valence-electron chi connectivity index (χ0n) is 21.1. The molecule has 0 unspecified atom stereocenters. The zero-order valence-corrected chi connectivity index (χ0v) is 24.3. The number of rotatable bonds is 5. The second-order valence-corrected chi connectivity index (χ2v) is 12.6. The molecule has 5 N–H and O–H groups in total. The number of nitrogens with one attached hydrogen (secondary N) is 1. The molecule has 0 atom stereocenters. The van der Waals surface area contributed by atoms with Crippen molar-refractivity contribution in [1.82, 2.24) is 16.1 Å². The molecule has 40 heavy (non-hydrogen) atoms. The lowest BCUT2D eigenvalue weighted by Gasteiger charge is -2.10. The van der Waals surface area contributed by atoms with Gasteiger partial charge in [0.2, 0.25) is 0 Å². The van der Waals surface area contributed by atoms with Gasteiger partial charge in [0.25, 0.3) is 5.91 Å². The van der Waals surface area contributed by atoms with Crippen LogP contribution in [0, 0.1) is 6.92 Å². The molecule has 0 saturated carbocycles. The van der Waals surface area contributed by atoms with Crippen molar-refractivity contribution in [3.8, 4) is 21.1 Å². The van der Waals surface area contributed by atoms with Crippen LogP contribution in [0.5, 0.6) is 0 Å². The molecular formula is C28H21ClN4O4S3. The van der Waals surface area contributed by atoms with Crippen LogP contribution in [-0.4, -0.2) is 28.8 Å². The molecule has 2 heterocycles. The van der Waals surface area contributed by atoms with Gasteiger partial charge in [-0.3, -0.25) is 4.79 Å². The summed E-state index contributed by atoms with van der Waals surface area (Å²) in [5.41, 5.74) is 4.54. The van der Waals surface area contributed by atoms with E-state index in [9.17, 15) is 17.8 Å². The normalized spacial score (nSPS) is 11.5. The van der Waals surface area contributed by atoms with Gasteiger partial charge in [-0.25, -0.2) is 18.4 Å². The molecule has 0 aliphatic heterocycles. The van der Waals surface area contributed by atoms with Gasteiger partial charge in [0.05, 0.1) is 25.3 Å². The number of aryl methyl sites for hydroxylation is 1. The summed E-state index contributed by atoms with van der Waals surface area (Å²) in [4.78, 5) is 21.6. The number of carbonyl (C=O) groups excluding carboxylic acids is 1. The third-order valence-corrected chi connectivity index (χ3v) is 9.67. The van der Waals surface area contributed by atoms with Crippen LogP contribution in [-0.2, 0) is 10.1 Å². The Hall–Kier alpha value is -3.71. The van der Waals surface area contributed by atoms with Gasteiger partial charge in [-0.15, -0.1) is 22.7 Å². The van der Waals surface area contributed by atoms with Gasteiger partial charge < -0.3 is 16.0 Å². The van der Waals surface area contributed by atoms with Crippen LogP contribution in [0.3, 0.4) is 0 Å². The summed E-state index contributed by atoms with van der Waals surface area (Å²) >= 11 is 8.68. The lowest BCUT2D eigenvalue weighted by Crippen LogP contribution is -2.11. The van der Waals surface area contributed by atoms with E-state index >= 15 is 0 Å². The highest BCUT2D eigenvalue weighted by atomic mass is 35.5. The standard InChI is InChI=1S/C28H18ClN3O4S3.H3N/c1-15-5-11-22-24(25(15)39(34,35)36)38-28(32-22)18-8-12-21-23(14-18)37-27(31-21)16-6-9-20(10-7-16)30-26(33)17-3-2-4-19(29)13-17;/h2-14H,1H3,(H,30,33)(H,34,35,36);1H3. The van der Waals surface area contributed by atoms with E-state index in [0.717, 1.165) is 26.4 Å². The number of amides is 1. The van der Waals surface area contributed by atoms with Crippen molar-refractivity contribution in [2.75, 3.05) is 5.32 Å². The number of carbonyl (C=O) groups is 1. The number of aromatic nitrogens is 2. The fraction of sp³-hybridized carbons (Fsp3) is 0.0357. The molecule has 0 aliphatic rings. The molecule has 0 spiro atoms. The maximum atomic E-state index is 12.5. The SMILES string of the molecule is Cc1ccc2nc(-c3ccc4nc(-c5ccc(NC(=O)c6cccc(Cl)c6)cc5)sc4c3)sc2c1S(=O)(=O)[O-].[NH4+]. The van der Waals surface area contributed by atoms with Gasteiger partial charge in [-0.05, 0) is 79.2 Å². The Morgan fingerprint density at radius 3 is 2.27 bits per heavy atom. The van der Waals surface area contributed by atoms with Gasteiger partial charge in [0.1, 0.15) is 20.1 Å². The molecule has 12 heteroatoms. The molecule has 0 saturated heterocycles. The predicted octanol–water partition coefficient (Wildman–Crippen LogP) is 7.73. The van der Waals surface area contributed by atoms with E-state index in [0.29, 0.717) is 37.1 Å². The van der Waals surface area contributed by atoms with Crippen LogP contribution in [0.4, 0.5) is 5.69 Å². The van der Waals surface area contributed by atoms with E-state index in [1.165, 1.54) is 22.7 Å². The number of quaternary nitrogens is 1. The lowest BCUT2D eigenvalue weighted by molar-refractivity contribution is 0.102. The molecule has 0 aliphatic carbocycles. The van der Waals surface area contributed by atoms with Crippen molar-refractivity contribution >= 4 is 76.4 Å². The molecule has 0 radical (unpaired) electrons. The first kappa shape index (κ1) is 27.8. The number of halogens is 1. The highest BCUT2D eigenvalue weighted by Gasteiger charge is 2.17. The van der Waals surface area contributed by atoms with Crippen LogP contribution >= 0.6 is 34.3 Å². The van der Waals surface area contributed by atoms with Crippen LogP contribution < -0.4 is 11.5 Å². The van der Waals surface area contributed by atoms with E-state index in [4.69, 9.17) is 16.6 Å². The summed E-state index contributed by atoms with van der Waals surface area (Å²) in [6, 6.07) is 23.3. The van der Waals surface area contributed by atoms with Crippen molar-refractivity contribution in [2.45, 2.75) is 11.8 Å². The largest absolute Gasteiger partial charge is 0.744 e. The molecule has 2 aromatic heterocycles. The number of hydrogen-bond donors (Lipinski definition) is 2. The number of anilines is 1. The third-order valence-electron chi connectivity index (χ3n) is 6.07. The second-order valence-electron chi connectivity index (χ2n) is 8.78. The highest BCUT2D eigenvalue weighted by molar-refractivity contribution is 7.86. The van der Waals surface area contributed by atoms with Gasteiger partial charge in [0.15, 0.2) is 0 Å². The van der Waals surface area contributed by atoms with Gasteiger partial charge in [-0.1, -0.05) is 23.7 Å². The fourth-order valence-corrected chi connectivity index (χ4v) is 7.69. The van der Waals surface area contributed by atoms with Crippen molar-refractivity contribution in [3.63, 3.8) is 0 Å². The number of nitrogens with zero attached hydrogens (tertiary/aromatic N) is 2. The Balaban J connectivity index is 0.00000323. The molecule has 0 bridgehead atoms. The van der Waals surface area contributed by atoms with Crippen molar-refractivity contribution < 1.29 is 17.8 Å². The quantitative estimate of drug-likeness (QED) is 0.191. The summed E-state index contributed by atoms with van der Waals surface area (Å²) in [6.07, 6.45) is 0. The monoisotopic (exact) mass is 608 g/mol. The summed E-state index contributed by atoms with van der Waals surface area (Å²) in [7, 11) is -4.63. The summed E-state index contributed by atoms with van der Waals surface area (Å²) in [5.74, 6) is -0.247. The first-order valence-electron chi connectivity index (χ1n) is 11.6. The number of hydrogen-bond acceptors (Lipinski definition) is 8. The average Bonchev–Trinajstić information content (AvgIpc) is 3.52. The Morgan fingerprint density at radius 2 is 1.55 bits per heavy atom. The van der Waals surface area contributed by atoms with Crippen molar-refractivity contribution in [3.05, 3.63) is 95.0 Å². The average molecular weight is 609 g/mol. The smallest absolute Gasteiger partial charge is 0.255 e.